The highest BCUT2D eigenvalue weighted by atomic mass is 16.2. The summed E-state index contributed by atoms with van der Waals surface area (Å²) in [4.78, 5) is 18.6. The molecule has 2 aromatic rings. The van der Waals surface area contributed by atoms with Gasteiger partial charge in [-0.25, -0.2) is 0 Å². The fourth-order valence-corrected chi connectivity index (χ4v) is 3.25. The van der Waals surface area contributed by atoms with E-state index in [1.54, 1.807) is 0 Å². The summed E-state index contributed by atoms with van der Waals surface area (Å²) in [7, 11) is 0. The van der Waals surface area contributed by atoms with Crippen LogP contribution < -0.4 is 10.2 Å². The van der Waals surface area contributed by atoms with Gasteiger partial charge >= 0.3 is 0 Å². The number of hydrogen-bond donors (Lipinski definition) is 1. The molecule has 0 fully saturated rings. The van der Waals surface area contributed by atoms with Crippen molar-refractivity contribution in [3.05, 3.63) is 53.9 Å². The van der Waals surface area contributed by atoms with Crippen LogP contribution in [0.5, 0.6) is 0 Å². The van der Waals surface area contributed by atoms with Crippen molar-refractivity contribution in [3.63, 3.8) is 0 Å². The summed E-state index contributed by atoms with van der Waals surface area (Å²) in [6, 6.07) is 12.6. The number of aryl methyl sites for hydroxylation is 1. The highest BCUT2D eigenvalue weighted by Gasteiger charge is 2.32. The van der Waals surface area contributed by atoms with Gasteiger partial charge in [-0.05, 0) is 44.0 Å². The van der Waals surface area contributed by atoms with Crippen LogP contribution in [-0.4, -0.2) is 16.9 Å². The van der Waals surface area contributed by atoms with Crippen LogP contribution >= 0.6 is 0 Å². The number of carbonyl (C=O) groups excluding carboxylic acids is 1. The molecule has 23 heavy (non-hydrogen) atoms. The summed E-state index contributed by atoms with van der Waals surface area (Å²) in [6.45, 7) is 6.02. The van der Waals surface area contributed by atoms with Crippen molar-refractivity contribution < 1.29 is 4.79 Å². The van der Waals surface area contributed by atoms with Gasteiger partial charge in [0.05, 0.1) is 17.9 Å². The minimum Gasteiger partial charge on any atom is -0.377 e. The van der Waals surface area contributed by atoms with Gasteiger partial charge in [-0.2, -0.15) is 0 Å². The van der Waals surface area contributed by atoms with Crippen LogP contribution in [0.1, 0.15) is 44.0 Å². The second-order valence-electron chi connectivity index (χ2n) is 6.15. The highest BCUT2D eigenvalue weighted by Crippen LogP contribution is 2.39. The topological polar surface area (TPSA) is 45.2 Å². The SMILES string of the molecule is CCC(=O)N1c2ccccc2C(Nc2ccc(C)nc2)CC1C. The number of carbonyl (C=O) groups is 1. The lowest BCUT2D eigenvalue weighted by molar-refractivity contribution is -0.118. The Labute approximate surface area is 137 Å². The van der Waals surface area contributed by atoms with Gasteiger partial charge in [-0.15, -0.1) is 0 Å². The van der Waals surface area contributed by atoms with Crippen LogP contribution in [0.3, 0.4) is 0 Å². The average molecular weight is 309 g/mol. The van der Waals surface area contributed by atoms with Crippen molar-refractivity contribution in [1.82, 2.24) is 4.98 Å². The van der Waals surface area contributed by atoms with Crippen molar-refractivity contribution in [3.8, 4) is 0 Å². The van der Waals surface area contributed by atoms with E-state index in [0.717, 1.165) is 23.5 Å². The molecule has 0 aliphatic carbocycles. The molecule has 0 bridgehead atoms. The molecule has 3 rings (SSSR count). The number of rotatable bonds is 3. The summed E-state index contributed by atoms with van der Waals surface area (Å²) in [6.07, 6.45) is 3.28. The van der Waals surface area contributed by atoms with Gasteiger partial charge in [0, 0.05) is 23.8 Å². The van der Waals surface area contributed by atoms with Crippen molar-refractivity contribution in [2.75, 3.05) is 10.2 Å². The Kier molecular flexibility index (Phi) is 4.33. The number of nitrogens with zero attached hydrogens (tertiary/aromatic N) is 2. The summed E-state index contributed by atoms with van der Waals surface area (Å²) in [5.41, 5.74) is 4.22. The van der Waals surface area contributed by atoms with Crippen molar-refractivity contribution >= 4 is 17.3 Å². The second kappa shape index (κ2) is 6.41. The normalized spacial score (nSPS) is 20.0. The van der Waals surface area contributed by atoms with E-state index >= 15 is 0 Å². The van der Waals surface area contributed by atoms with Crippen LogP contribution in [0.15, 0.2) is 42.6 Å². The lowest BCUT2D eigenvalue weighted by atomic mass is 9.91. The van der Waals surface area contributed by atoms with E-state index in [2.05, 4.69) is 29.4 Å². The van der Waals surface area contributed by atoms with Crippen molar-refractivity contribution in [2.45, 2.75) is 45.7 Å². The molecule has 4 heteroatoms. The number of benzene rings is 1. The van der Waals surface area contributed by atoms with Crippen LogP contribution in [0, 0.1) is 6.92 Å². The molecule has 1 N–H and O–H groups in total. The molecule has 2 atom stereocenters. The maximum absolute atomic E-state index is 12.3. The van der Waals surface area contributed by atoms with Crippen LogP contribution in [0.25, 0.3) is 0 Å². The van der Waals surface area contributed by atoms with E-state index in [0.29, 0.717) is 6.42 Å². The molecule has 1 amide bonds. The highest BCUT2D eigenvalue weighted by molar-refractivity contribution is 5.95. The fourth-order valence-electron chi connectivity index (χ4n) is 3.25. The van der Waals surface area contributed by atoms with Crippen molar-refractivity contribution in [2.24, 2.45) is 0 Å². The predicted octanol–water partition coefficient (Wildman–Crippen LogP) is 4.08. The van der Waals surface area contributed by atoms with Gasteiger partial charge < -0.3 is 10.2 Å². The molecule has 0 radical (unpaired) electrons. The molecule has 1 aliphatic heterocycles. The van der Waals surface area contributed by atoms with E-state index in [-0.39, 0.29) is 18.0 Å². The summed E-state index contributed by atoms with van der Waals surface area (Å²) >= 11 is 0. The fraction of sp³-hybridized carbons (Fsp3) is 0.368. The van der Waals surface area contributed by atoms with Gasteiger partial charge in [0.1, 0.15) is 0 Å². The third-order valence-electron chi connectivity index (χ3n) is 4.41. The lowest BCUT2D eigenvalue weighted by Crippen LogP contribution is -2.44. The maximum atomic E-state index is 12.3. The van der Waals surface area contributed by atoms with Crippen LogP contribution in [0.2, 0.25) is 0 Å². The Morgan fingerprint density at radius 2 is 2.09 bits per heavy atom. The first kappa shape index (κ1) is 15.5. The summed E-state index contributed by atoms with van der Waals surface area (Å²) < 4.78 is 0. The van der Waals surface area contributed by atoms with Gasteiger partial charge in [0.25, 0.3) is 0 Å². The lowest BCUT2D eigenvalue weighted by Gasteiger charge is -2.39. The molecule has 2 heterocycles. The molecule has 1 aromatic heterocycles. The number of anilines is 2. The van der Waals surface area contributed by atoms with E-state index in [1.807, 2.05) is 49.2 Å². The number of nitrogens with one attached hydrogen (secondary N) is 1. The zero-order valence-corrected chi connectivity index (χ0v) is 13.9. The van der Waals surface area contributed by atoms with Gasteiger partial charge in [-0.3, -0.25) is 9.78 Å². The first-order chi connectivity index (χ1) is 11.1. The molecule has 4 nitrogen and oxygen atoms in total. The molecule has 0 saturated carbocycles. The van der Waals surface area contributed by atoms with Crippen LogP contribution in [0.4, 0.5) is 11.4 Å². The molecule has 2 unspecified atom stereocenters. The number of fused-ring (bicyclic) bond motifs is 1. The van der Waals surface area contributed by atoms with Gasteiger partial charge in [0.2, 0.25) is 5.91 Å². The monoisotopic (exact) mass is 309 g/mol. The van der Waals surface area contributed by atoms with E-state index in [9.17, 15) is 4.79 Å². The summed E-state index contributed by atoms with van der Waals surface area (Å²) in [5.74, 6) is 0.181. The zero-order chi connectivity index (χ0) is 16.4. The number of para-hydroxylation sites is 1. The first-order valence-electron chi connectivity index (χ1n) is 8.20. The second-order valence-corrected chi connectivity index (χ2v) is 6.15. The number of amides is 1. The van der Waals surface area contributed by atoms with Crippen LogP contribution in [-0.2, 0) is 4.79 Å². The Morgan fingerprint density at radius 3 is 2.78 bits per heavy atom. The van der Waals surface area contributed by atoms with E-state index in [4.69, 9.17) is 0 Å². The van der Waals surface area contributed by atoms with Crippen molar-refractivity contribution in [1.29, 1.82) is 0 Å². The number of aromatic nitrogens is 1. The van der Waals surface area contributed by atoms with Gasteiger partial charge in [-0.1, -0.05) is 25.1 Å². The zero-order valence-electron chi connectivity index (χ0n) is 13.9. The largest absolute Gasteiger partial charge is 0.377 e. The molecule has 1 aliphatic rings. The minimum atomic E-state index is 0.174. The Bertz CT molecular complexity index is 696. The quantitative estimate of drug-likeness (QED) is 0.929. The molecule has 0 spiro atoms. The molecular formula is C19H23N3O. The minimum absolute atomic E-state index is 0.174. The molecule has 0 saturated heterocycles. The van der Waals surface area contributed by atoms with E-state index < -0.39 is 0 Å². The Morgan fingerprint density at radius 1 is 1.30 bits per heavy atom. The average Bonchev–Trinajstić information content (AvgIpc) is 2.56. The third-order valence-corrected chi connectivity index (χ3v) is 4.41. The molecule has 120 valence electrons. The van der Waals surface area contributed by atoms with E-state index in [1.165, 1.54) is 5.56 Å². The molecule has 1 aromatic carbocycles. The number of hydrogen-bond acceptors (Lipinski definition) is 3. The standard InChI is InChI=1S/C19H23N3O/c1-4-19(23)22-14(3)11-17(16-7-5-6-8-18(16)22)21-15-10-9-13(2)20-12-15/h5-10,12,14,17,21H,4,11H2,1-3H3. The first-order valence-corrected chi connectivity index (χ1v) is 8.20. The molecular weight excluding hydrogens is 286 g/mol. The Balaban J connectivity index is 1.93. The third kappa shape index (κ3) is 3.07. The summed E-state index contributed by atoms with van der Waals surface area (Å²) in [5, 5.41) is 3.57. The predicted molar refractivity (Wildman–Crippen MR) is 93.6 cm³/mol. The smallest absolute Gasteiger partial charge is 0.226 e. The maximum Gasteiger partial charge on any atom is 0.226 e. The Hall–Kier alpha value is -2.36. The number of pyridine rings is 1. The van der Waals surface area contributed by atoms with Gasteiger partial charge in [0.15, 0.2) is 0 Å².